The first-order valence-electron chi connectivity index (χ1n) is 7.40. The molecule has 7 nitrogen and oxygen atoms in total. The molecule has 0 radical (unpaired) electrons. The maximum atomic E-state index is 12.8. The second kappa shape index (κ2) is 7.20. The summed E-state index contributed by atoms with van der Waals surface area (Å²) < 4.78 is 40.3. The molecule has 0 fully saturated rings. The highest BCUT2D eigenvalue weighted by Gasteiger charge is 2.35. The van der Waals surface area contributed by atoms with E-state index in [-0.39, 0.29) is 12.5 Å². The normalized spacial score (nSPS) is 11.6. The number of halogens is 5. The number of carbonyl (C=O) groups excluding carboxylic acids is 1. The Balaban J connectivity index is 1.73. The highest BCUT2D eigenvalue weighted by atomic mass is 35.5. The van der Waals surface area contributed by atoms with E-state index in [1.807, 2.05) is 0 Å². The van der Waals surface area contributed by atoms with Gasteiger partial charge in [-0.05, 0) is 12.1 Å². The van der Waals surface area contributed by atoms with Crippen molar-refractivity contribution in [3.05, 3.63) is 57.6 Å². The van der Waals surface area contributed by atoms with Gasteiger partial charge < -0.3 is 0 Å². The van der Waals surface area contributed by atoms with Crippen molar-refractivity contribution in [3.8, 4) is 0 Å². The molecule has 142 valence electrons. The van der Waals surface area contributed by atoms with E-state index >= 15 is 0 Å². The molecule has 27 heavy (non-hydrogen) atoms. The third-order valence-corrected chi connectivity index (χ3v) is 4.25. The largest absolute Gasteiger partial charge is 0.433 e. The van der Waals surface area contributed by atoms with Gasteiger partial charge in [-0.1, -0.05) is 29.3 Å². The third-order valence-electron chi connectivity index (χ3n) is 3.55. The Kier molecular flexibility index (Phi) is 5.11. The predicted octanol–water partition coefficient (Wildman–Crippen LogP) is 3.64. The maximum absolute atomic E-state index is 12.8. The molecule has 1 N–H and O–H groups in total. The van der Waals surface area contributed by atoms with Crippen molar-refractivity contribution >= 4 is 35.1 Å². The number of aryl methyl sites for hydroxylation is 1. The first-order chi connectivity index (χ1) is 12.6. The molecule has 0 aliphatic rings. The van der Waals surface area contributed by atoms with Crippen LogP contribution in [0.3, 0.4) is 0 Å². The molecule has 0 bridgehead atoms. The lowest BCUT2D eigenvalue weighted by atomic mass is 10.2. The molecular formula is C15H11Cl2F3N6O. The standard InChI is InChI=1S/C15H11Cl2F3N6O/c1-25-12(15(18,19)20)5-11(23-25)13(27)22-14-21-7-26(24-14)6-8-9(16)3-2-4-10(8)17/h2-5,7H,6H2,1H3,(H,22,24,27). The van der Waals surface area contributed by atoms with Crippen LogP contribution >= 0.6 is 23.2 Å². The van der Waals surface area contributed by atoms with Gasteiger partial charge in [-0.25, -0.2) is 9.67 Å². The average molecular weight is 419 g/mol. The van der Waals surface area contributed by atoms with Gasteiger partial charge in [-0.3, -0.25) is 14.8 Å². The Morgan fingerprint density at radius 2 is 1.89 bits per heavy atom. The van der Waals surface area contributed by atoms with Gasteiger partial charge >= 0.3 is 6.18 Å². The molecule has 0 saturated heterocycles. The average Bonchev–Trinajstić information content (AvgIpc) is 3.17. The van der Waals surface area contributed by atoms with Crippen molar-refractivity contribution in [2.45, 2.75) is 12.7 Å². The van der Waals surface area contributed by atoms with Gasteiger partial charge in [-0.2, -0.15) is 18.3 Å². The van der Waals surface area contributed by atoms with Gasteiger partial charge in [0.1, 0.15) is 12.0 Å². The lowest BCUT2D eigenvalue weighted by Gasteiger charge is -2.06. The van der Waals surface area contributed by atoms with Crippen LogP contribution in [0, 0.1) is 0 Å². The Labute approximate surface area is 160 Å². The monoisotopic (exact) mass is 418 g/mol. The van der Waals surface area contributed by atoms with Gasteiger partial charge in [0, 0.05) is 28.7 Å². The second-order valence-corrected chi connectivity index (χ2v) is 6.27. The zero-order valence-corrected chi connectivity index (χ0v) is 15.1. The number of aromatic nitrogens is 5. The number of nitrogens with one attached hydrogen (secondary N) is 1. The highest BCUT2D eigenvalue weighted by molar-refractivity contribution is 6.35. The van der Waals surface area contributed by atoms with Crippen LogP contribution in [0.1, 0.15) is 21.7 Å². The molecule has 0 unspecified atom stereocenters. The number of anilines is 1. The summed E-state index contributed by atoms with van der Waals surface area (Å²) in [6.45, 7) is 0.198. The summed E-state index contributed by atoms with van der Waals surface area (Å²) in [7, 11) is 1.10. The van der Waals surface area contributed by atoms with Crippen molar-refractivity contribution < 1.29 is 18.0 Å². The minimum atomic E-state index is -4.62. The third kappa shape index (κ3) is 4.22. The molecule has 0 atom stereocenters. The molecule has 1 aromatic carbocycles. The second-order valence-electron chi connectivity index (χ2n) is 5.46. The zero-order valence-electron chi connectivity index (χ0n) is 13.6. The molecule has 12 heteroatoms. The number of benzene rings is 1. The van der Waals surface area contributed by atoms with Crippen LogP contribution in [0.15, 0.2) is 30.6 Å². The van der Waals surface area contributed by atoms with Crippen LogP contribution in [0.2, 0.25) is 10.0 Å². The number of hydrogen-bond acceptors (Lipinski definition) is 4. The number of nitrogens with zero attached hydrogens (tertiary/aromatic N) is 5. The van der Waals surface area contributed by atoms with E-state index < -0.39 is 23.5 Å². The summed E-state index contributed by atoms with van der Waals surface area (Å²) >= 11 is 12.2. The van der Waals surface area contributed by atoms with Crippen molar-refractivity contribution in [1.29, 1.82) is 0 Å². The summed E-state index contributed by atoms with van der Waals surface area (Å²) in [5, 5.41) is 10.8. The first-order valence-corrected chi connectivity index (χ1v) is 8.15. The van der Waals surface area contributed by atoms with Gasteiger partial charge in [0.15, 0.2) is 5.69 Å². The molecule has 3 aromatic rings. The van der Waals surface area contributed by atoms with E-state index in [0.717, 1.165) is 7.05 Å². The quantitative estimate of drug-likeness (QED) is 0.701. The number of carbonyl (C=O) groups is 1. The predicted molar refractivity (Wildman–Crippen MR) is 91.7 cm³/mol. The molecule has 2 aromatic heterocycles. The number of amides is 1. The van der Waals surface area contributed by atoms with Gasteiger partial charge in [0.2, 0.25) is 5.95 Å². The Morgan fingerprint density at radius 3 is 2.48 bits per heavy atom. The van der Waals surface area contributed by atoms with Crippen molar-refractivity contribution in [2.75, 3.05) is 5.32 Å². The maximum Gasteiger partial charge on any atom is 0.433 e. The van der Waals surface area contributed by atoms with Gasteiger partial charge in [0.05, 0.1) is 6.54 Å². The summed E-state index contributed by atoms with van der Waals surface area (Å²) in [6.07, 6.45) is -3.29. The number of hydrogen-bond donors (Lipinski definition) is 1. The van der Waals surface area contributed by atoms with E-state index in [1.165, 1.54) is 11.0 Å². The molecule has 0 saturated carbocycles. The lowest BCUT2D eigenvalue weighted by Crippen LogP contribution is -2.14. The Morgan fingerprint density at radius 1 is 1.22 bits per heavy atom. The minimum absolute atomic E-state index is 0.0950. The molecule has 2 heterocycles. The molecular weight excluding hydrogens is 408 g/mol. The lowest BCUT2D eigenvalue weighted by molar-refractivity contribution is -0.143. The molecule has 0 aliphatic carbocycles. The van der Waals surface area contributed by atoms with Crippen molar-refractivity contribution in [2.24, 2.45) is 7.05 Å². The fraction of sp³-hybridized carbons (Fsp3) is 0.200. The van der Waals surface area contributed by atoms with Crippen molar-refractivity contribution in [3.63, 3.8) is 0 Å². The number of rotatable bonds is 4. The van der Waals surface area contributed by atoms with E-state index in [1.54, 1.807) is 18.2 Å². The van der Waals surface area contributed by atoms with Crippen LogP contribution in [0.4, 0.5) is 19.1 Å². The summed E-state index contributed by atoms with van der Waals surface area (Å²) in [5.41, 5.74) is -0.835. The molecule has 1 amide bonds. The summed E-state index contributed by atoms with van der Waals surface area (Å²) in [4.78, 5) is 16.0. The van der Waals surface area contributed by atoms with E-state index in [2.05, 4.69) is 20.5 Å². The van der Waals surface area contributed by atoms with E-state index in [4.69, 9.17) is 23.2 Å². The smallest absolute Gasteiger partial charge is 0.288 e. The first kappa shape index (κ1) is 19.2. The Bertz CT molecular complexity index is 978. The zero-order chi connectivity index (χ0) is 19.8. The Hall–Kier alpha value is -2.59. The minimum Gasteiger partial charge on any atom is -0.288 e. The molecule has 0 aliphatic heterocycles. The van der Waals surface area contributed by atoms with E-state index in [0.29, 0.717) is 26.4 Å². The molecule has 0 spiro atoms. The van der Waals surface area contributed by atoms with Crippen LogP contribution in [-0.2, 0) is 19.8 Å². The van der Waals surface area contributed by atoms with Crippen LogP contribution in [-0.4, -0.2) is 30.5 Å². The summed E-state index contributed by atoms with van der Waals surface area (Å²) in [5.74, 6) is -0.961. The SMILES string of the molecule is Cn1nc(C(=O)Nc2ncn(Cc3c(Cl)cccc3Cl)n2)cc1C(F)(F)F. The van der Waals surface area contributed by atoms with Crippen LogP contribution in [0.25, 0.3) is 0 Å². The summed E-state index contributed by atoms with van der Waals surface area (Å²) in [6, 6.07) is 5.68. The molecule has 3 rings (SSSR count). The van der Waals surface area contributed by atoms with E-state index in [9.17, 15) is 18.0 Å². The highest BCUT2D eigenvalue weighted by Crippen LogP contribution is 2.29. The van der Waals surface area contributed by atoms with Crippen LogP contribution < -0.4 is 5.32 Å². The van der Waals surface area contributed by atoms with Gasteiger partial charge in [0.25, 0.3) is 5.91 Å². The van der Waals surface area contributed by atoms with Crippen LogP contribution in [0.5, 0.6) is 0 Å². The topological polar surface area (TPSA) is 77.6 Å². The number of alkyl halides is 3. The fourth-order valence-electron chi connectivity index (χ4n) is 2.28. The fourth-order valence-corrected chi connectivity index (χ4v) is 2.80. The van der Waals surface area contributed by atoms with Crippen molar-refractivity contribution in [1.82, 2.24) is 24.5 Å². The van der Waals surface area contributed by atoms with Gasteiger partial charge in [-0.15, -0.1) is 5.10 Å².